The van der Waals surface area contributed by atoms with Crippen molar-refractivity contribution in [3.05, 3.63) is 11.6 Å². The highest BCUT2D eigenvalue weighted by molar-refractivity contribution is 5.92. The van der Waals surface area contributed by atoms with Gasteiger partial charge >= 0.3 is 0 Å². The fourth-order valence-electron chi connectivity index (χ4n) is 1.66. The number of carbonyl (C=O) groups excluding carboxylic acids is 1. The lowest BCUT2D eigenvalue weighted by Crippen LogP contribution is -2.42. The third kappa shape index (κ3) is 3.50. The molecule has 0 saturated carbocycles. The zero-order valence-electron chi connectivity index (χ0n) is 9.10. The minimum atomic E-state index is 0.0961. The minimum Gasteiger partial charge on any atom is -0.350 e. The Balaban J connectivity index is 2.35. The zero-order valence-corrected chi connectivity index (χ0v) is 9.10. The number of piperidine rings is 1. The standard InChI is InChI=1S/C11H20N2O/c1-3-4-9(2)11(14)13-10-5-7-12-8-6-10/h4,10,12H,3,5-8H2,1-2H3,(H,13,14)/b9-4+. The van der Waals surface area contributed by atoms with Crippen LogP contribution >= 0.6 is 0 Å². The van der Waals surface area contributed by atoms with Crippen molar-refractivity contribution in [1.29, 1.82) is 0 Å². The predicted octanol–water partition coefficient (Wildman–Crippen LogP) is 1.21. The van der Waals surface area contributed by atoms with Crippen LogP contribution in [0.5, 0.6) is 0 Å². The summed E-state index contributed by atoms with van der Waals surface area (Å²) in [6, 6.07) is 0.365. The molecule has 1 heterocycles. The number of allylic oxidation sites excluding steroid dienone is 1. The highest BCUT2D eigenvalue weighted by Crippen LogP contribution is 2.04. The molecule has 2 N–H and O–H groups in total. The molecule has 80 valence electrons. The van der Waals surface area contributed by atoms with Gasteiger partial charge in [-0.15, -0.1) is 0 Å². The molecule has 1 aliphatic rings. The molecule has 0 aromatic rings. The summed E-state index contributed by atoms with van der Waals surface area (Å²) in [5.41, 5.74) is 0.839. The maximum absolute atomic E-state index is 11.6. The van der Waals surface area contributed by atoms with Gasteiger partial charge in [0.2, 0.25) is 5.91 Å². The maximum Gasteiger partial charge on any atom is 0.246 e. The van der Waals surface area contributed by atoms with Gasteiger partial charge in [-0.2, -0.15) is 0 Å². The molecule has 1 aliphatic heterocycles. The van der Waals surface area contributed by atoms with E-state index in [1.807, 2.05) is 19.9 Å². The van der Waals surface area contributed by atoms with Crippen LogP contribution in [0.3, 0.4) is 0 Å². The summed E-state index contributed by atoms with van der Waals surface area (Å²) in [6.07, 6.45) is 4.98. The highest BCUT2D eigenvalue weighted by Gasteiger charge is 2.15. The van der Waals surface area contributed by atoms with Crippen LogP contribution in [0.1, 0.15) is 33.1 Å². The average molecular weight is 196 g/mol. The highest BCUT2D eigenvalue weighted by atomic mass is 16.1. The largest absolute Gasteiger partial charge is 0.350 e. The third-order valence-electron chi connectivity index (χ3n) is 2.54. The van der Waals surface area contributed by atoms with Gasteiger partial charge in [-0.05, 0) is 39.3 Å². The van der Waals surface area contributed by atoms with E-state index in [4.69, 9.17) is 0 Å². The Labute approximate surface area is 86.0 Å². The summed E-state index contributed by atoms with van der Waals surface area (Å²) in [5, 5.41) is 6.33. The molecule has 1 amide bonds. The van der Waals surface area contributed by atoms with Crippen LogP contribution in [0, 0.1) is 0 Å². The summed E-state index contributed by atoms with van der Waals surface area (Å²) in [4.78, 5) is 11.6. The SMILES string of the molecule is CC/C=C(\C)C(=O)NC1CCNCC1. The maximum atomic E-state index is 11.6. The van der Waals surface area contributed by atoms with E-state index in [9.17, 15) is 4.79 Å². The van der Waals surface area contributed by atoms with Crippen molar-refractivity contribution in [3.63, 3.8) is 0 Å². The van der Waals surface area contributed by atoms with E-state index < -0.39 is 0 Å². The van der Waals surface area contributed by atoms with Crippen molar-refractivity contribution in [2.24, 2.45) is 0 Å². The van der Waals surface area contributed by atoms with E-state index in [1.54, 1.807) is 0 Å². The monoisotopic (exact) mass is 196 g/mol. The van der Waals surface area contributed by atoms with Gasteiger partial charge in [-0.3, -0.25) is 4.79 Å². The Kier molecular flexibility index (Phi) is 4.66. The Morgan fingerprint density at radius 1 is 1.50 bits per heavy atom. The lowest BCUT2D eigenvalue weighted by molar-refractivity contribution is -0.118. The lowest BCUT2D eigenvalue weighted by Gasteiger charge is -2.23. The van der Waals surface area contributed by atoms with E-state index in [2.05, 4.69) is 10.6 Å². The number of nitrogens with one attached hydrogen (secondary N) is 2. The first-order valence-electron chi connectivity index (χ1n) is 5.42. The first-order chi connectivity index (χ1) is 6.74. The van der Waals surface area contributed by atoms with Gasteiger partial charge < -0.3 is 10.6 Å². The Bertz CT molecular complexity index is 217. The second-order valence-corrected chi connectivity index (χ2v) is 3.79. The molecule has 0 atom stereocenters. The van der Waals surface area contributed by atoms with E-state index in [0.717, 1.165) is 37.9 Å². The number of hydrogen-bond donors (Lipinski definition) is 2. The molecular weight excluding hydrogens is 176 g/mol. The molecule has 0 aromatic heterocycles. The second kappa shape index (κ2) is 5.81. The summed E-state index contributed by atoms with van der Waals surface area (Å²) in [5.74, 6) is 0.0961. The quantitative estimate of drug-likeness (QED) is 0.666. The third-order valence-corrected chi connectivity index (χ3v) is 2.54. The Morgan fingerprint density at radius 3 is 2.71 bits per heavy atom. The molecule has 3 heteroatoms. The molecular formula is C11H20N2O. The van der Waals surface area contributed by atoms with Crippen LogP contribution in [-0.4, -0.2) is 25.0 Å². The first kappa shape index (κ1) is 11.2. The van der Waals surface area contributed by atoms with Crippen LogP contribution in [-0.2, 0) is 4.79 Å². The van der Waals surface area contributed by atoms with Crippen LogP contribution in [0.15, 0.2) is 11.6 Å². The lowest BCUT2D eigenvalue weighted by atomic mass is 10.1. The van der Waals surface area contributed by atoms with Crippen LogP contribution in [0.25, 0.3) is 0 Å². The smallest absolute Gasteiger partial charge is 0.246 e. The van der Waals surface area contributed by atoms with Crippen molar-refractivity contribution >= 4 is 5.91 Å². The van der Waals surface area contributed by atoms with Gasteiger partial charge in [0.05, 0.1) is 0 Å². The Morgan fingerprint density at radius 2 is 2.14 bits per heavy atom. The first-order valence-corrected chi connectivity index (χ1v) is 5.42. The van der Waals surface area contributed by atoms with Crippen LogP contribution in [0.2, 0.25) is 0 Å². The molecule has 0 unspecified atom stereocenters. The van der Waals surface area contributed by atoms with Gasteiger partial charge in [0.25, 0.3) is 0 Å². The van der Waals surface area contributed by atoms with Gasteiger partial charge in [0, 0.05) is 11.6 Å². The summed E-state index contributed by atoms with van der Waals surface area (Å²) < 4.78 is 0. The molecule has 0 aromatic carbocycles. The molecule has 1 saturated heterocycles. The van der Waals surface area contributed by atoms with E-state index >= 15 is 0 Å². The number of amides is 1. The topological polar surface area (TPSA) is 41.1 Å². The summed E-state index contributed by atoms with van der Waals surface area (Å²) >= 11 is 0. The fourth-order valence-corrected chi connectivity index (χ4v) is 1.66. The van der Waals surface area contributed by atoms with Crippen molar-refractivity contribution in [2.45, 2.75) is 39.2 Å². The predicted molar refractivity (Wildman–Crippen MR) is 58.1 cm³/mol. The molecule has 1 rings (SSSR count). The molecule has 0 bridgehead atoms. The van der Waals surface area contributed by atoms with Gasteiger partial charge in [0.1, 0.15) is 0 Å². The molecule has 0 aliphatic carbocycles. The average Bonchev–Trinajstić information content (AvgIpc) is 2.19. The van der Waals surface area contributed by atoms with Crippen LogP contribution in [0.4, 0.5) is 0 Å². The molecule has 0 radical (unpaired) electrons. The van der Waals surface area contributed by atoms with Crippen molar-refractivity contribution in [3.8, 4) is 0 Å². The molecule has 1 fully saturated rings. The minimum absolute atomic E-state index is 0.0961. The van der Waals surface area contributed by atoms with Gasteiger partial charge in [-0.25, -0.2) is 0 Å². The summed E-state index contributed by atoms with van der Waals surface area (Å²) in [7, 11) is 0. The Hall–Kier alpha value is -0.830. The zero-order chi connectivity index (χ0) is 10.4. The second-order valence-electron chi connectivity index (χ2n) is 3.79. The number of carbonyl (C=O) groups is 1. The summed E-state index contributed by atoms with van der Waals surface area (Å²) in [6.45, 7) is 5.95. The van der Waals surface area contributed by atoms with Crippen molar-refractivity contribution in [2.75, 3.05) is 13.1 Å². The van der Waals surface area contributed by atoms with E-state index in [0.29, 0.717) is 6.04 Å². The van der Waals surface area contributed by atoms with E-state index in [1.165, 1.54) is 0 Å². The number of rotatable bonds is 3. The molecule has 14 heavy (non-hydrogen) atoms. The van der Waals surface area contributed by atoms with Crippen LogP contribution < -0.4 is 10.6 Å². The molecule has 3 nitrogen and oxygen atoms in total. The van der Waals surface area contributed by atoms with E-state index in [-0.39, 0.29) is 5.91 Å². The molecule has 0 spiro atoms. The van der Waals surface area contributed by atoms with Crippen molar-refractivity contribution in [1.82, 2.24) is 10.6 Å². The van der Waals surface area contributed by atoms with Gasteiger partial charge in [0.15, 0.2) is 0 Å². The van der Waals surface area contributed by atoms with Crippen molar-refractivity contribution < 1.29 is 4.79 Å². The number of hydrogen-bond acceptors (Lipinski definition) is 2. The fraction of sp³-hybridized carbons (Fsp3) is 0.727. The normalized spacial score (nSPS) is 19.4. The van der Waals surface area contributed by atoms with Gasteiger partial charge in [-0.1, -0.05) is 13.0 Å².